The number of fused-ring (bicyclic) bond motifs is 1. The number of para-hydroxylation sites is 2. The van der Waals surface area contributed by atoms with E-state index in [1.165, 1.54) is 0 Å². The maximum absolute atomic E-state index is 9.71. The number of aromatic hydroxyl groups is 1. The Morgan fingerprint density at radius 1 is 1.00 bits per heavy atom. The Bertz CT molecular complexity index is 736. The zero-order valence-corrected chi connectivity index (χ0v) is 11.5. The van der Waals surface area contributed by atoms with Crippen molar-refractivity contribution in [2.45, 2.75) is 13.1 Å². The highest BCUT2D eigenvalue weighted by Gasteiger charge is 2.11. The van der Waals surface area contributed by atoms with Gasteiger partial charge in [0.15, 0.2) is 5.22 Å². The molecule has 0 fully saturated rings. The highest BCUT2D eigenvalue weighted by Crippen LogP contribution is 2.29. The average Bonchev–Trinajstić information content (AvgIpc) is 2.77. The Morgan fingerprint density at radius 2 is 1.75 bits per heavy atom. The number of hydrogen-bond acceptors (Lipinski definition) is 3. The number of halogens is 1. The molecule has 0 spiro atoms. The largest absolute Gasteiger partial charge is 0.508 e. The molecule has 0 amide bonds. The first-order chi connectivity index (χ1) is 9.75. The molecule has 102 valence electrons. The molecular weight excluding hydrogens is 274 g/mol. The van der Waals surface area contributed by atoms with Gasteiger partial charge in [-0.2, -0.15) is 0 Å². The molecule has 0 aliphatic heterocycles. The van der Waals surface area contributed by atoms with Crippen molar-refractivity contribution in [3.05, 3.63) is 64.9 Å². The van der Waals surface area contributed by atoms with Gasteiger partial charge in [-0.1, -0.05) is 36.4 Å². The summed E-state index contributed by atoms with van der Waals surface area (Å²) in [6, 6.07) is 15.0. The fourth-order valence-corrected chi connectivity index (χ4v) is 2.47. The summed E-state index contributed by atoms with van der Waals surface area (Å²) < 4.78 is 5.50. The van der Waals surface area contributed by atoms with Crippen LogP contribution in [0.1, 0.15) is 11.1 Å². The highest BCUT2D eigenvalue weighted by atomic mass is 35.5. The topological polar surface area (TPSA) is 45.4 Å². The van der Waals surface area contributed by atoms with Crippen LogP contribution in [0.5, 0.6) is 5.75 Å². The summed E-state index contributed by atoms with van der Waals surface area (Å²) in [5.41, 5.74) is 2.59. The number of rotatable bonds is 4. The second-order valence-electron chi connectivity index (χ2n) is 4.58. The Hall–Kier alpha value is -1.97. The van der Waals surface area contributed by atoms with Crippen LogP contribution in [0.3, 0.4) is 0 Å². The molecule has 0 aliphatic carbocycles. The van der Waals surface area contributed by atoms with Crippen LogP contribution in [0.25, 0.3) is 11.0 Å². The van der Waals surface area contributed by atoms with Crippen LogP contribution in [0.2, 0.25) is 5.22 Å². The second-order valence-corrected chi connectivity index (χ2v) is 4.93. The lowest BCUT2D eigenvalue weighted by Gasteiger charge is -2.06. The van der Waals surface area contributed by atoms with Crippen LogP contribution in [0.4, 0.5) is 0 Å². The minimum absolute atomic E-state index is 0.295. The van der Waals surface area contributed by atoms with E-state index in [0.717, 1.165) is 22.1 Å². The van der Waals surface area contributed by atoms with Gasteiger partial charge in [-0.15, -0.1) is 0 Å². The van der Waals surface area contributed by atoms with Crippen LogP contribution in [0.15, 0.2) is 52.9 Å². The normalized spacial score (nSPS) is 11.1. The van der Waals surface area contributed by atoms with E-state index in [4.69, 9.17) is 16.0 Å². The van der Waals surface area contributed by atoms with Crippen molar-refractivity contribution in [3.8, 4) is 5.75 Å². The van der Waals surface area contributed by atoms with Crippen molar-refractivity contribution >= 4 is 22.6 Å². The predicted molar refractivity (Wildman–Crippen MR) is 79.9 cm³/mol. The van der Waals surface area contributed by atoms with Gasteiger partial charge in [-0.25, -0.2) is 0 Å². The molecule has 4 heteroatoms. The first-order valence-corrected chi connectivity index (χ1v) is 6.77. The van der Waals surface area contributed by atoms with E-state index in [9.17, 15) is 5.11 Å². The smallest absolute Gasteiger partial charge is 0.199 e. The number of hydrogen-bond donors (Lipinski definition) is 2. The van der Waals surface area contributed by atoms with Crippen LogP contribution in [-0.2, 0) is 13.1 Å². The molecule has 3 rings (SSSR count). The van der Waals surface area contributed by atoms with E-state index >= 15 is 0 Å². The summed E-state index contributed by atoms with van der Waals surface area (Å²) in [5.74, 6) is 0.295. The summed E-state index contributed by atoms with van der Waals surface area (Å²) >= 11 is 6.12. The zero-order valence-electron chi connectivity index (χ0n) is 10.8. The Kier molecular flexibility index (Phi) is 3.63. The lowest BCUT2D eigenvalue weighted by atomic mass is 10.1. The molecule has 0 bridgehead atoms. The molecule has 3 aromatic rings. The second kappa shape index (κ2) is 5.57. The maximum atomic E-state index is 9.71. The molecule has 1 aromatic heterocycles. The van der Waals surface area contributed by atoms with Gasteiger partial charge in [0, 0.05) is 29.6 Å². The molecule has 0 unspecified atom stereocenters. The molecule has 0 saturated carbocycles. The summed E-state index contributed by atoms with van der Waals surface area (Å²) in [5, 5.41) is 14.4. The number of furan rings is 1. The molecule has 0 aliphatic rings. The SMILES string of the molecule is Oc1ccccc1CNCc1c(Cl)oc2ccccc12. The summed E-state index contributed by atoms with van der Waals surface area (Å²) in [6.07, 6.45) is 0. The summed E-state index contributed by atoms with van der Waals surface area (Å²) in [4.78, 5) is 0. The van der Waals surface area contributed by atoms with Crippen LogP contribution in [0, 0.1) is 0 Å². The fraction of sp³-hybridized carbons (Fsp3) is 0.125. The molecular formula is C16H14ClNO2. The van der Waals surface area contributed by atoms with Gasteiger partial charge in [-0.3, -0.25) is 0 Å². The summed E-state index contributed by atoms with van der Waals surface area (Å²) in [6.45, 7) is 1.16. The van der Waals surface area contributed by atoms with Crippen molar-refractivity contribution < 1.29 is 9.52 Å². The molecule has 3 nitrogen and oxygen atoms in total. The number of nitrogens with one attached hydrogen (secondary N) is 1. The minimum Gasteiger partial charge on any atom is -0.508 e. The third-order valence-electron chi connectivity index (χ3n) is 3.26. The molecule has 0 radical (unpaired) electrons. The van der Waals surface area contributed by atoms with Gasteiger partial charge in [0.2, 0.25) is 0 Å². The van der Waals surface area contributed by atoms with Crippen molar-refractivity contribution in [1.29, 1.82) is 0 Å². The van der Waals surface area contributed by atoms with E-state index in [2.05, 4.69) is 5.32 Å². The Morgan fingerprint density at radius 3 is 2.60 bits per heavy atom. The highest BCUT2D eigenvalue weighted by molar-refractivity contribution is 6.30. The van der Waals surface area contributed by atoms with E-state index in [-0.39, 0.29) is 0 Å². The number of phenolic OH excluding ortho intramolecular Hbond substituents is 1. The lowest BCUT2D eigenvalue weighted by Crippen LogP contribution is -2.12. The standard InChI is InChI=1S/C16H14ClNO2/c17-16-13(12-6-2-4-8-15(12)20-16)10-18-9-11-5-1-3-7-14(11)19/h1-8,18-19H,9-10H2. The van der Waals surface area contributed by atoms with Crippen molar-refractivity contribution in [2.75, 3.05) is 0 Å². The summed E-state index contributed by atoms with van der Waals surface area (Å²) in [7, 11) is 0. The third kappa shape index (κ3) is 2.50. The zero-order chi connectivity index (χ0) is 13.9. The van der Waals surface area contributed by atoms with E-state index < -0.39 is 0 Å². The number of benzene rings is 2. The third-order valence-corrected chi connectivity index (χ3v) is 3.56. The first-order valence-electron chi connectivity index (χ1n) is 6.39. The Labute approximate surface area is 121 Å². The van der Waals surface area contributed by atoms with E-state index in [1.807, 2.05) is 36.4 Å². The van der Waals surface area contributed by atoms with Crippen molar-refractivity contribution in [1.82, 2.24) is 5.32 Å². The minimum atomic E-state index is 0.295. The van der Waals surface area contributed by atoms with Gasteiger partial charge in [0.25, 0.3) is 0 Å². The van der Waals surface area contributed by atoms with E-state index in [0.29, 0.717) is 24.1 Å². The van der Waals surface area contributed by atoms with E-state index in [1.54, 1.807) is 12.1 Å². The van der Waals surface area contributed by atoms with Gasteiger partial charge < -0.3 is 14.8 Å². The quantitative estimate of drug-likeness (QED) is 0.760. The Balaban J connectivity index is 1.74. The van der Waals surface area contributed by atoms with Crippen molar-refractivity contribution in [3.63, 3.8) is 0 Å². The number of phenols is 1. The molecule has 2 aromatic carbocycles. The molecule has 1 heterocycles. The van der Waals surface area contributed by atoms with Gasteiger partial charge in [-0.05, 0) is 23.7 Å². The molecule has 20 heavy (non-hydrogen) atoms. The van der Waals surface area contributed by atoms with Crippen LogP contribution < -0.4 is 5.32 Å². The van der Waals surface area contributed by atoms with Gasteiger partial charge in [0.05, 0.1) is 0 Å². The lowest BCUT2D eigenvalue weighted by molar-refractivity contribution is 0.464. The first kappa shape index (κ1) is 13.0. The monoisotopic (exact) mass is 287 g/mol. The maximum Gasteiger partial charge on any atom is 0.199 e. The fourth-order valence-electron chi connectivity index (χ4n) is 2.22. The molecule has 2 N–H and O–H groups in total. The van der Waals surface area contributed by atoms with Crippen LogP contribution >= 0.6 is 11.6 Å². The predicted octanol–water partition coefficient (Wildman–Crippen LogP) is 4.08. The van der Waals surface area contributed by atoms with Crippen LogP contribution in [-0.4, -0.2) is 5.11 Å². The van der Waals surface area contributed by atoms with Gasteiger partial charge in [0.1, 0.15) is 11.3 Å². The molecule has 0 saturated heterocycles. The molecule has 0 atom stereocenters. The van der Waals surface area contributed by atoms with Crippen molar-refractivity contribution in [2.24, 2.45) is 0 Å². The van der Waals surface area contributed by atoms with Gasteiger partial charge >= 0.3 is 0 Å². The average molecular weight is 288 g/mol.